The van der Waals surface area contributed by atoms with Gasteiger partial charge in [-0.1, -0.05) is 0 Å². The van der Waals surface area contributed by atoms with Crippen molar-refractivity contribution in [1.29, 1.82) is 0 Å². The van der Waals surface area contributed by atoms with Crippen LogP contribution in [0.2, 0.25) is 0 Å². The number of phosphoric ester groups is 1. The van der Waals surface area contributed by atoms with E-state index < -0.39 is 213 Å². The molecule has 3 rings (SSSR count). The molecule has 3 fully saturated rings. The van der Waals surface area contributed by atoms with Crippen molar-refractivity contribution in [3.63, 3.8) is 0 Å². The van der Waals surface area contributed by atoms with Crippen molar-refractivity contribution < 1.29 is 202 Å². The number of aliphatic hydroxyl groups is 1. The Bertz CT molecular complexity index is 3060. The monoisotopic (exact) mass is 1300 g/mol. The first-order valence-corrected chi connectivity index (χ1v) is 31.1. The quantitative estimate of drug-likeness (QED) is 0.0268. The molecule has 15 atom stereocenters. The van der Waals surface area contributed by atoms with Gasteiger partial charge in [0, 0.05) is 0 Å². The second kappa shape index (κ2) is 24.2. The molecular weight excluding hydrogens is 1270 g/mol. The molecule has 0 amide bonds. The Kier molecular flexibility index (Phi) is 21.9. The molecule has 3 aliphatic rings. The van der Waals surface area contributed by atoms with Gasteiger partial charge in [-0.2, -0.15) is 75.8 Å². The fourth-order valence-corrected chi connectivity index (χ4v) is 10.6. The van der Waals surface area contributed by atoms with Crippen molar-refractivity contribution in [2.45, 2.75) is 92.1 Å². The molecule has 0 saturated carbocycles. The van der Waals surface area contributed by atoms with Crippen LogP contribution in [-0.2, 0) is 164 Å². The van der Waals surface area contributed by atoms with Gasteiger partial charge in [0.25, 0.3) is 0 Å². The van der Waals surface area contributed by atoms with E-state index in [9.17, 15) is 132 Å². The molecule has 3 aliphatic heterocycles. The summed E-state index contributed by atoms with van der Waals surface area (Å²) in [6.45, 7) is -6.00. The van der Waals surface area contributed by atoms with Crippen LogP contribution in [0.4, 0.5) is 0 Å². The highest BCUT2D eigenvalue weighted by molar-refractivity contribution is 7.82. The van der Waals surface area contributed by atoms with Gasteiger partial charge < -0.3 is 38.6 Å². The highest BCUT2D eigenvalue weighted by Gasteiger charge is 2.61. The molecular formula is C18H33O46PS9. The van der Waals surface area contributed by atoms with Gasteiger partial charge in [-0.25, -0.2) is 42.2 Å². The van der Waals surface area contributed by atoms with Crippen molar-refractivity contribution in [3.05, 3.63) is 0 Å². The van der Waals surface area contributed by atoms with E-state index in [0.717, 1.165) is 0 Å². The maximum absolute atomic E-state index is 12.4. The van der Waals surface area contributed by atoms with Crippen LogP contribution >= 0.6 is 7.82 Å². The maximum Gasteiger partial charge on any atom is 0.469 e. The van der Waals surface area contributed by atoms with Crippen molar-refractivity contribution in [3.8, 4) is 0 Å². The van der Waals surface area contributed by atoms with Crippen LogP contribution in [0, 0.1) is 0 Å². The number of rotatable bonds is 27. The third-order valence-corrected chi connectivity index (χ3v) is 12.8. The van der Waals surface area contributed by atoms with E-state index in [0.29, 0.717) is 0 Å². The minimum absolute atomic E-state index is 1.85. The number of phosphoric acid groups is 1. The van der Waals surface area contributed by atoms with Gasteiger partial charge in [0.1, 0.15) is 61.0 Å². The number of hydrogen-bond acceptors (Lipinski definition) is 35. The molecule has 0 aliphatic carbocycles. The van der Waals surface area contributed by atoms with Gasteiger partial charge in [0.05, 0.1) is 19.8 Å². The third-order valence-electron chi connectivity index (χ3n) is 8.17. The van der Waals surface area contributed by atoms with Crippen LogP contribution in [0.25, 0.3) is 0 Å². The topological polar surface area (TPSA) is 706 Å². The van der Waals surface area contributed by atoms with Crippen molar-refractivity contribution in [1.82, 2.24) is 0 Å². The summed E-state index contributed by atoms with van der Waals surface area (Å²) < 4.78 is 380. The summed E-state index contributed by atoms with van der Waals surface area (Å²) in [5.41, 5.74) is 0. The first kappa shape index (κ1) is 67.0. The van der Waals surface area contributed by atoms with Crippen LogP contribution in [0.15, 0.2) is 0 Å². The Morgan fingerprint density at radius 1 is 0.338 bits per heavy atom. The predicted molar refractivity (Wildman–Crippen MR) is 206 cm³/mol. The van der Waals surface area contributed by atoms with E-state index in [-0.39, 0.29) is 0 Å². The van der Waals surface area contributed by atoms with Gasteiger partial charge in [0.15, 0.2) is 31.1 Å². The molecule has 46 nitrogen and oxygen atoms in total. The lowest BCUT2D eigenvalue weighted by Gasteiger charge is -2.49. The van der Waals surface area contributed by atoms with Crippen LogP contribution < -0.4 is 0 Å². The molecule has 3 heterocycles. The summed E-state index contributed by atoms with van der Waals surface area (Å²) in [4.78, 5) is 18.6. The molecule has 440 valence electrons. The van der Waals surface area contributed by atoms with Gasteiger partial charge in [-0.05, 0) is 0 Å². The summed E-state index contributed by atoms with van der Waals surface area (Å²) in [5, 5.41) is 11.0. The average Bonchev–Trinajstić information content (AvgIpc) is 3.11. The van der Waals surface area contributed by atoms with Crippen LogP contribution in [-0.4, -0.2) is 244 Å². The fourth-order valence-electron chi connectivity index (χ4n) is 6.12. The highest BCUT2D eigenvalue weighted by Crippen LogP contribution is 2.41. The molecule has 12 N–H and O–H groups in total. The van der Waals surface area contributed by atoms with Gasteiger partial charge in [-0.15, -0.1) is 0 Å². The van der Waals surface area contributed by atoms with Crippen molar-refractivity contribution >= 4 is 101 Å². The summed E-state index contributed by atoms with van der Waals surface area (Å²) in [6, 6.07) is 0. The minimum atomic E-state index is -6.49. The lowest BCUT2D eigenvalue weighted by molar-refractivity contribution is -0.373. The van der Waals surface area contributed by atoms with Gasteiger partial charge >= 0.3 is 101 Å². The normalized spacial score (nSPS) is 32.8. The average molecular weight is 1300 g/mol. The maximum atomic E-state index is 12.4. The summed E-state index contributed by atoms with van der Waals surface area (Å²) in [6.07, 6.45) is -50.3. The zero-order valence-electron chi connectivity index (χ0n) is 34.2. The van der Waals surface area contributed by atoms with E-state index in [1.807, 2.05) is 0 Å². The Morgan fingerprint density at radius 2 is 0.595 bits per heavy atom. The zero-order chi connectivity index (χ0) is 57.4. The molecule has 56 heteroatoms. The first-order chi connectivity index (χ1) is 32.8. The van der Waals surface area contributed by atoms with E-state index in [1.165, 1.54) is 0 Å². The van der Waals surface area contributed by atoms with Gasteiger partial charge in [0.2, 0.25) is 0 Å². The predicted octanol–water partition coefficient (Wildman–Crippen LogP) is -9.01. The molecule has 0 aromatic carbocycles. The molecule has 2 unspecified atom stereocenters. The molecule has 0 radical (unpaired) electrons. The molecule has 3 saturated heterocycles. The lowest BCUT2D eigenvalue weighted by atomic mass is 9.96. The number of aliphatic hydroxyl groups excluding tert-OH is 1. The summed E-state index contributed by atoms with van der Waals surface area (Å²) in [7, 11) is -61.8. The Labute approximate surface area is 413 Å². The fraction of sp³-hybridized carbons (Fsp3) is 1.00. The van der Waals surface area contributed by atoms with Gasteiger partial charge in [-0.3, -0.25) is 45.5 Å². The van der Waals surface area contributed by atoms with Crippen LogP contribution in [0.3, 0.4) is 0 Å². The highest BCUT2D eigenvalue weighted by atomic mass is 32.3. The minimum Gasteiger partial charge on any atom is -0.366 e. The zero-order valence-corrected chi connectivity index (χ0v) is 42.4. The smallest absolute Gasteiger partial charge is 0.366 e. The van der Waals surface area contributed by atoms with Crippen molar-refractivity contribution in [2.24, 2.45) is 0 Å². The van der Waals surface area contributed by atoms with Crippen LogP contribution in [0.1, 0.15) is 0 Å². The van der Waals surface area contributed by atoms with E-state index in [1.54, 1.807) is 0 Å². The molecule has 0 aromatic heterocycles. The standard InChI is InChI=1S/C18H33O46PS9/c19-16-13(11(61-71(38,39)40)9(60-70(35,36)37)5(53-16)2-51-66(23,24)25)57-17-14(63-73(44,45)46)10(7(58-68(29,30)31)6(55-17)3-52-67(26,27)28)56-18-15(64-74(47,48)49)12(62-72(41,42)43)8(59-69(32,33)34)4(54-18)1-50-65(20,21)22/h4-19H,1-3H2,(H2,20,21,22)(H,23,24,25)(H,26,27,28)(H,29,30,31)(H,32,33,34)(H,35,36,37)(H,38,39,40)(H,41,42,43)(H,44,45,46)(H,47,48,49)/t4-,5-,6-,7-,8-,9-,10+,11+,12+,13?,14+,15+,16?,17-,18-/m1/s1. The van der Waals surface area contributed by atoms with E-state index in [2.05, 4.69) is 42.2 Å². The third kappa shape index (κ3) is 24.0. The number of ether oxygens (including phenoxy) is 5. The Balaban J connectivity index is 2.51. The molecule has 0 spiro atoms. The molecule has 0 aromatic rings. The lowest BCUT2D eigenvalue weighted by Crippen LogP contribution is -2.69. The second-order valence-corrected chi connectivity index (χ2v) is 24.2. The van der Waals surface area contributed by atoms with E-state index >= 15 is 0 Å². The van der Waals surface area contributed by atoms with Crippen LogP contribution in [0.5, 0.6) is 0 Å². The largest absolute Gasteiger partial charge is 0.469 e. The summed E-state index contributed by atoms with van der Waals surface area (Å²) in [5.74, 6) is 0. The Morgan fingerprint density at radius 3 is 0.919 bits per heavy atom. The van der Waals surface area contributed by atoms with Crippen molar-refractivity contribution in [2.75, 3.05) is 19.8 Å². The first-order valence-electron chi connectivity index (χ1n) is 17.3. The Hall–Kier alpha value is -1.30. The summed E-state index contributed by atoms with van der Waals surface area (Å²) >= 11 is 0. The number of hydrogen-bond donors (Lipinski definition) is 12. The molecule has 74 heavy (non-hydrogen) atoms. The second-order valence-electron chi connectivity index (χ2n) is 13.5. The van der Waals surface area contributed by atoms with E-state index in [4.69, 9.17) is 28.2 Å². The molecule has 0 bridgehead atoms. The SMILES string of the molecule is O=P(O)(O)OC[C@H]1O[C@H](O[C@@H]2[C@H](OS(=O)(=O)O)[C@@H](OC3C(O)O[C@H](COS(=O)(=O)O)[C@@H](OS(=O)(=O)O)[C@@H]3OS(=O)(=O)O)O[C@H](COS(=O)(=O)O)[C@H]2OS(=O)(=O)O)[C@@H](OS(=O)(=O)O)[C@@H](OS(=O)(=O)O)[C@@H]1OS(=O)(=O)O.